The lowest BCUT2D eigenvalue weighted by Crippen LogP contribution is -2.20. The van der Waals surface area contributed by atoms with Gasteiger partial charge in [-0.05, 0) is 0 Å². The van der Waals surface area contributed by atoms with Gasteiger partial charge in [-0.25, -0.2) is 4.98 Å². The molecule has 0 aliphatic heterocycles. The van der Waals surface area contributed by atoms with E-state index >= 15 is 0 Å². The molecule has 2 aromatic rings. The molecule has 8 nitrogen and oxygen atoms in total. The number of amidine groups is 1. The maximum atomic E-state index is 8.73. The summed E-state index contributed by atoms with van der Waals surface area (Å²) in [7, 11) is 3.10. The topological polar surface area (TPSA) is 108 Å². The summed E-state index contributed by atoms with van der Waals surface area (Å²) in [4.78, 5) is 8.29. The maximum Gasteiger partial charge on any atom is 0.206 e. The Bertz CT molecular complexity index is 623. The van der Waals surface area contributed by atoms with Crippen LogP contribution in [0.4, 0.5) is 0 Å². The molecular weight excluding hydrogens is 262 g/mol. The van der Waals surface area contributed by atoms with Crippen molar-refractivity contribution in [2.45, 2.75) is 6.54 Å². The Labute approximate surface area is 115 Å². The van der Waals surface area contributed by atoms with Crippen LogP contribution < -0.4 is 15.2 Å². The van der Waals surface area contributed by atoms with Crippen molar-refractivity contribution in [1.82, 2.24) is 14.5 Å². The van der Waals surface area contributed by atoms with Crippen molar-refractivity contribution in [3.8, 4) is 11.5 Å². The Morgan fingerprint density at radius 3 is 2.80 bits per heavy atom. The average molecular weight is 277 g/mol. The van der Waals surface area contributed by atoms with E-state index in [1.165, 1.54) is 0 Å². The van der Waals surface area contributed by atoms with Crippen LogP contribution in [-0.4, -0.2) is 39.8 Å². The number of ether oxygens (including phenoxy) is 2. The quantitative estimate of drug-likeness (QED) is 0.355. The molecule has 3 N–H and O–H groups in total. The Morgan fingerprint density at radius 2 is 2.15 bits per heavy atom. The van der Waals surface area contributed by atoms with Gasteiger partial charge in [0.15, 0.2) is 17.3 Å². The van der Waals surface area contributed by atoms with E-state index in [2.05, 4.69) is 15.1 Å². The van der Waals surface area contributed by atoms with E-state index in [1.807, 2.05) is 0 Å². The Hall–Kier alpha value is -2.77. The smallest absolute Gasteiger partial charge is 0.206 e. The summed E-state index contributed by atoms with van der Waals surface area (Å²) >= 11 is 0. The van der Waals surface area contributed by atoms with Crippen LogP contribution in [0, 0.1) is 0 Å². The molecule has 0 atom stereocenters. The number of methoxy groups -OCH3 is 2. The predicted molar refractivity (Wildman–Crippen MR) is 71.2 cm³/mol. The van der Waals surface area contributed by atoms with E-state index in [0.29, 0.717) is 29.6 Å². The molecule has 106 valence electrons. The highest BCUT2D eigenvalue weighted by Crippen LogP contribution is 2.29. The minimum Gasteiger partial charge on any atom is -0.493 e. The number of hydrogen-bond acceptors (Lipinski definition) is 6. The molecule has 20 heavy (non-hydrogen) atoms. The van der Waals surface area contributed by atoms with Crippen molar-refractivity contribution in [3.05, 3.63) is 36.2 Å². The lowest BCUT2D eigenvalue weighted by molar-refractivity contribution is 0.318. The van der Waals surface area contributed by atoms with E-state index in [1.54, 1.807) is 43.4 Å². The first-order valence-corrected chi connectivity index (χ1v) is 5.76. The van der Waals surface area contributed by atoms with Crippen LogP contribution in [0.2, 0.25) is 0 Å². The highest BCUT2D eigenvalue weighted by atomic mass is 16.5. The van der Waals surface area contributed by atoms with Gasteiger partial charge in [0.2, 0.25) is 5.84 Å². The summed E-state index contributed by atoms with van der Waals surface area (Å²) in [5.41, 5.74) is 6.21. The number of nitrogens with two attached hydrogens (primary N) is 1. The fourth-order valence-electron chi connectivity index (χ4n) is 1.84. The van der Waals surface area contributed by atoms with Crippen LogP contribution in [0.1, 0.15) is 11.5 Å². The van der Waals surface area contributed by atoms with E-state index in [0.717, 1.165) is 0 Å². The Morgan fingerprint density at radius 1 is 1.35 bits per heavy atom. The van der Waals surface area contributed by atoms with Crippen LogP contribution >= 0.6 is 0 Å². The predicted octanol–water partition coefficient (Wildman–Crippen LogP) is 0.438. The summed E-state index contributed by atoms with van der Waals surface area (Å²) in [6.07, 6.45) is 4.88. The van der Waals surface area contributed by atoms with Gasteiger partial charge in [0.05, 0.1) is 20.8 Å². The second-order valence-electron chi connectivity index (χ2n) is 3.86. The average Bonchev–Trinajstić information content (AvgIpc) is 2.94. The SMILES string of the molecule is COc1ccnc(Cn2ccnc2/C(N)=N/O)c1OC. The summed E-state index contributed by atoms with van der Waals surface area (Å²) in [6.45, 7) is 0.353. The van der Waals surface area contributed by atoms with Crippen LogP contribution in [-0.2, 0) is 6.54 Å². The van der Waals surface area contributed by atoms with Gasteiger partial charge >= 0.3 is 0 Å². The maximum absolute atomic E-state index is 8.73. The van der Waals surface area contributed by atoms with Crippen LogP contribution in [0.25, 0.3) is 0 Å². The molecule has 2 rings (SSSR count). The third kappa shape index (κ3) is 2.48. The first-order chi connectivity index (χ1) is 9.71. The van der Waals surface area contributed by atoms with Gasteiger partial charge < -0.3 is 25.0 Å². The largest absolute Gasteiger partial charge is 0.493 e. The van der Waals surface area contributed by atoms with Crippen molar-refractivity contribution in [3.63, 3.8) is 0 Å². The molecule has 0 spiro atoms. The lowest BCUT2D eigenvalue weighted by atomic mass is 10.3. The molecule has 0 radical (unpaired) electrons. The standard InChI is InChI=1S/C12H15N5O3/c1-19-9-3-4-14-8(10(9)20-2)7-17-6-5-15-12(17)11(13)16-18/h3-6,18H,7H2,1-2H3,(H2,13,16). The van der Waals surface area contributed by atoms with Gasteiger partial charge in [0.25, 0.3) is 0 Å². The molecule has 0 saturated carbocycles. The number of aromatic nitrogens is 3. The summed E-state index contributed by atoms with van der Waals surface area (Å²) in [6, 6.07) is 1.71. The lowest BCUT2D eigenvalue weighted by Gasteiger charge is -2.12. The summed E-state index contributed by atoms with van der Waals surface area (Å²) < 4.78 is 12.2. The van der Waals surface area contributed by atoms with Gasteiger partial charge in [-0.3, -0.25) is 4.98 Å². The van der Waals surface area contributed by atoms with Crippen LogP contribution in [0.5, 0.6) is 11.5 Å². The van der Waals surface area contributed by atoms with Crippen molar-refractivity contribution in [2.24, 2.45) is 10.9 Å². The second-order valence-corrected chi connectivity index (χ2v) is 3.86. The summed E-state index contributed by atoms with van der Waals surface area (Å²) in [5.74, 6) is 1.40. The molecule has 0 aliphatic carbocycles. The Kier molecular flexibility index (Phi) is 4.04. The Balaban J connectivity index is 2.38. The fourth-order valence-corrected chi connectivity index (χ4v) is 1.84. The van der Waals surface area contributed by atoms with E-state index in [9.17, 15) is 0 Å². The van der Waals surface area contributed by atoms with Crippen molar-refractivity contribution >= 4 is 5.84 Å². The molecule has 0 aromatic carbocycles. The van der Waals surface area contributed by atoms with Gasteiger partial charge in [-0.1, -0.05) is 5.16 Å². The molecule has 2 heterocycles. The van der Waals surface area contributed by atoms with Gasteiger partial charge in [0.1, 0.15) is 5.69 Å². The minimum absolute atomic E-state index is 0.0723. The normalized spacial score (nSPS) is 11.4. The van der Waals surface area contributed by atoms with Crippen LogP contribution in [0.3, 0.4) is 0 Å². The number of pyridine rings is 1. The zero-order valence-electron chi connectivity index (χ0n) is 11.1. The second kappa shape index (κ2) is 5.91. The number of rotatable bonds is 5. The minimum atomic E-state index is -0.0723. The third-order valence-electron chi connectivity index (χ3n) is 2.74. The first-order valence-electron chi connectivity index (χ1n) is 5.76. The van der Waals surface area contributed by atoms with Gasteiger partial charge in [0, 0.05) is 24.7 Å². The molecule has 0 bridgehead atoms. The molecule has 2 aromatic heterocycles. The zero-order chi connectivity index (χ0) is 14.5. The van der Waals surface area contributed by atoms with Gasteiger partial charge in [-0.2, -0.15) is 0 Å². The fraction of sp³-hybridized carbons (Fsp3) is 0.250. The van der Waals surface area contributed by atoms with Crippen molar-refractivity contribution in [2.75, 3.05) is 14.2 Å². The molecular formula is C12H15N5O3. The molecule has 0 unspecified atom stereocenters. The van der Waals surface area contributed by atoms with E-state index in [4.69, 9.17) is 20.4 Å². The highest BCUT2D eigenvalue weighted by molar-refractivity contribution is 5.93. The molecule has 8 heteroatoms. The molecule has 0 aliphatic rings. The van der Waals surface area contributed by atoms with Crippen LogP contribution in [0.15, 0.2) is 29.8 Å². The number of hydrogen-bond donors (Lipinski definition) is 2. The monoisotopic (exact) mass is 277 g/mol. The zero-order valence-corrected chi connectivity index (χ0v) is 11.1. The van der Waals surface area contributed by atoms with Gasteiger partial charge in [-0.15, -0.1) is 0 Å². The summed E-state index contributed by atoms with van der Waals surface area (Å²) in [5, 5.41) is 11.7. The third-order valence-corrected chi connectivity index (χ3v) is 2.74. The molecule has 0 saturated heterocycles. The number of nitrogens with zero attached hydrogens (tertiary/aromatic N) is 4. The van der Waals surface area contributed by atoms with Crippen molar-refractivity contribution < 1.29 is 14.7 Å². The van der Waals surface area contributed by atoms with Crippen molar-refractivity contribution in [1.29, 1.82) is 0 Å². The number of oxime groups is 1. The van der Waals surface area contributed by atoms with E-state index in [-0.39, 0.29) is 5.84 Å². The molecule has 0 amide bonds. The van der Waals surface area contributed by atoms with E-state index < -0.39 is 0 Å². The first kappa shape index (κ1) is 13.7. The highest BCUT2D eigenvalue weighted by Gasteiger charge is 2.14. The number of imidazole rings is 1. The molecule has 0 fully saturated rings.